The molecule has 1 N–H and O–H groups in total. The fourth-order valence-corrected chi connectivity index (χ4v) is 3.85. The number of amides is 1. The van der Waals surface area contributed by atoms with Gasteiger partial charge in [0.15, 0.2) is 0 Å². The molecule has 0 aliphatic heterocycles. The van der Waals surface area contributed by atoms with Gasteiger partial charge in [0.05, 0.1) is 26.1 Å². The maximum Gasteiger partial charge on any atom is 0.306 e. The maximum absolute atomic E-state index is 12.8. The van der Waals surface area contributed by atoms with Crippen molar-refractivity contribution in [1.29, 1.82) is 0 Å². The molecule has 0 bridgehead atoms. The molecule has 0 spiro atoms. The van der Waals surface area contributed by atoms with Crippen molar-refractivity contribution in [2.24, 2.45) is 5.92 Å². The topological polar surface area (TPSA) is 58.6 Å². The molecule has 1 amide bonds. The molecule has 0 aliphatic rings. The van der Waals surface area contributed by atoms with Gasteiger partial charge in [-0.2, -0.15) is 0 Å². The summed E-state index contributed by atoms with van der Waals surface area (Å²) in [5, 5.41) is 5.19. The van der Waals surface area contributed by atoms with E-state index in [4.69, 9.17) is 4.74 Å². The van der Waals surface area contributed by atoms with Crippen molar-refractivity contribution in [3.63, 3.8) is 0 Å². The molecule has 2 rings (SSSR count). The van der Waals surface area contributed by atoms with E-state index in [1.54, 1.807) is 11.3 Å². The molecule has 0 saturated heterocycles. The van der Waals surface area contributed by atoms with Crippen LogP contribution in [0.3, 0.4) is 0 Å². The Balaban J connectivity index is 2.08. The Labute approximate surface area is 171 Å². The van der Waals surface area contributed by atoms with E-state index < -0.39 is 0 Å². The molecule has 2 aromatic rings. The number of carbonyl (C=O) groups is 2. The molecule has 6 heteroatoms. The van der Waals surface area contributed by atoms with Crippen LogP contribution in [0.25, 0.3) is 0 Å². The summed E-state index contributed by atoms with van der Waals surface area (Å²) in [7, 11) is 1.38. The van der Waals surface area contributed by atoms with Crippen molar-refractivity contribution in [2.45, 2.75) is 33.2 Å². The fourth-order valence-electron chi connectivity index (χ4n) is 3.05. The van der Waals surface area contributed by atoms with Crippen molar-refractivity contribution < 1.29 is 14.3 Å². The van der Waals surface area contributed by atoms with Crippen LogP contribution >= 0.6 is 11.3 Å². The van der Waals surface area contributed by atoms with Crippen molar-refractivity contribution in [3.05, 3.63) is 57.8 Å². The monoisotopic (exact) mass is 402 g/mol. The zero-order chi connectivity index (χ0) is 20.5. The third-order valence-electron chi connectivity index (χ3n) is 4.39. The van der Waals surface area contributed by atoms with Crippen LogP contribution in [-0.2, 0) is 14.3 Å². The van der Waals surface area contributed by atoms with Crippen molar-refractivity contribution >= 4 is 23.2 Å². The normalized spacial score (nSPS) is 12.2. The molecule has 28 heavy (non-hydrogen) atoms. The molecule has 1 atom stereocenters. The highest BCUT2D eigenvalue weighted by molar-refractivity contribution is 7.10. The largest absolute Gasteiger partial charge is 0.469 e. The first-order valence-electron chi connectivity index (χ1n) is 9.57. The second kappa shape index (κ2) is 11.0. The van der Waals surface area contributed by atoms with Crippen molar-refractivity contribution in [3.8, 4) is 0 Å². The van der Waals surface area contributed by atoms with Gasteiger partial charge >= 0.3 is 5.97 Å². The van der Waals surface area contributed by atoms with Gasteiger partial charge in [-0.15, -0.1) is 11.3 Å². The van der Waals surface area contributed by atoms with Crippen molar-refractivity contribution in [1.82, 2.24) is 10.2 Å². The zero-order valence-corrected chi connectivity index (χ0v) is 17.9. The molecule has 1 aromatic carbocycles. The van der Waals surface area contributed by atoms with Crippen LogP contribution in [0.5, 0.6) is 0 Å². The lowest BCUT2D eigenvalue weighted by Crippen LogP contribution is -2.41. The molecule has 152 valence electrons. The number of aryl methyl sites for hydroxylation is 1. The number of ether oxygens (including phenoxy) is 1. The predicted molar refractivity (Wildman–Crippen MR) is 113 cm³/mol. The Bertz CT molecular complexity index is 742. The molecule has 1 heterocycles. The van der Waals surface area contributed by atoms with Crippen LogP contribution in [0.15, 0.2) is 41.8 Å². The number of nitrogens with one attached hydrogen (secondary N) is 1. The predicted octanol–water partition coefficient (Wildman–Crippen LogP) is 3.78. The van der Waals surface area contributed by atoms with E-state index in [1.807, 2.05) is 29.3 Å². The van der Waals surface area contributed by atoms with Crippen LogP contribution < -0.4 is 5.32 Å². The Hall–Kier alpha value is -2.18. The van der Waals surface area contributed by atoms with Gasteiger partial charge < -0.3 is 10.1 Å². The summed E-state index contributed by atoms with van der Waals surface area (Å²) in [4.78, 5) is 27.4. The first-order chi connectivity index (χ1) is 13.4. The van der Waals surface area contributed by atoms with E-state index in [9.17, 15) is 9.59 Å². The quantitative estimate of drug-likeness (QED) is 0.615. The molecular formula is C22H30N2O3S. The lowest BCUT2D eigenvalue weighted by atomic mass is 10.0. The number of carbonyl (C=O) groups excluding carboxylic acids is 2. The van der Waals surface area contributed by atoms with E-state index in [0.717, 1.165) is 17.0 Å². The number of methoxy groups -OCH3 is 1. The fraction of sp³-hybridized carbons (Fsp3) is 0.455. The first kappa shape index (κ1) is 22.1. The average molecular weight is 403 g/mol. The van der Waals surface area contributed by atoms with E-state index >= 15 is 0 Å². The zero-order valence-electron chi connectivity index (χ0n) is 17.1. The SMILES string of the molecule is COC(=O)CCN(CC(=O)N[C@H](c1ccc(C)cc1)c1cccs1)CC(C)C. The molecule has 0 aliphatic carbocycles. The van der Waals surface area contributed by atoms with E-state index in [1.165, 1.54) is 12.7 Å². The Kier molecular flexibility index (Phi) is 8.67. The highest BCUT2D eigenvalue weighted by atomic mass is 32.1. The molecule has 0 fully saturated rings. The summed E-state index contributed by atoms with van der Waals surface area (Å²) in [5.41, 5.74) is 2.25. The lowest BCUT2D eigenvalue weighted by molar-refractivity contribution is -0.141. The second-order valence-electron chi connectivity index (χ2n) is 7.38. The van der Waals surface area contributed by atoms with Gasteiger partial charge in [-0.25, -0.2) is 0 Å². The Morgan fingerprint density at radius 3 is 2.46 bits per heavy atom. The number of thiophene rings is 1. The highest BCUT2D eigenvalue weighted by Crippen LogP contribution is 2.26. The summed E-state index contributed by atoms with van der Waals surface area (Å²) in [6.45, 7) is 7.76. The first-order valence-corrected chi connectivity index (χ1v) is 10.5. The number of benzene rings is 1. The molecule has 0 saturated carbocycles. The van der Waals surface area contributed by atoms with Crippen LogP contribution in [0.4, 0.5) is 0 Å². The van der Waals surface area contributed by atoms with Gasteiger partial charge in [0, 0.05) is 18.0 Å². The maximum atomic E-state index is 12.8. The highest BCUT2D eigenvalue weighted by Gasteiger charge is 2.20. The summed E-state index contributed by atoms with van der Waals surface area (Å²) in [6.07, 6.45) is 0.281. The van der Waals surface area contributed by atoms with Gasteiger partial charge in [-0.3, -0.25) is 14.5 Å². The third kappa shape index (κ3) is 7.09. The van der Waals surface area contributed by atoms with E-state index in [2.05, 4.69) is 43.4 Å². The molecule has 1 aromatic heterocycles. The number of hydrogen-bond acceptors (Lipinski definition) is 5. The number of hydrogen-bond donors (Lipinski definition) is 1. The Morgan fingerprint density at radius 2 is 1.89 bits per heavy atom. The summed E-state index contributed by atoms with van der Waals surface area (Å²) < 4.78 is 4.73. The minimum atomic E-state index is -0.259. The third-order valence-corrected chi connectivity index (χ3v) is 5.33. The van der Waals surface area contributed by atoms with Crippen molar-refractivity contribution in [2.75, 3.05) is 26.7 Å². The van der Waals surface area contributed by atoms with Crippen LogP contribution in [-0.4, -0.2) is 43.5 Å². The van der Waals surface area contributed by atoms with E-state index in [0.29, 0.717) is 12.5 Å². The summed E-state index contributed by atoms with van der Waals surface area (Å²) in [5.74, 6) is 0.0883. The number of esters is 1. The van der Waals surface area contributed by atoms with Gasteiger partial charge in [0.1, 0.15) is 0 Å². The van der Waals surface area contributed by atoms with E-state index in [-0.39, 0.29) is 30.9 Å². The number of nitrogens with zero attached hydrogens (tertiary/aromatic N) is 1. The number of rotatable bonds is 10. The lowest BCUT2D eigenvalue weighted by Gasteiger charge is -2.25. The molecule has 0 unspecified atom stereocenters. The van der Waals surface area contributed by atoms with Crippen LogP contribution in [0, 0.1) is 12.8 Å². The minimum absolute atomic E-state index is 0.0514. The minimum Gasteiger partial charge on any atom is -0.469 e. The standard InChI is InChI=1S/C22H30N2O3S/c1-16(2)14-24(12-11-21(26)27-4)15-20(25)23-22(19-6-5-13-28-19)18-9-7-17(3)8-10-18/h5-10,13,16,22H,11-12,14-15H2,1-4H3,(H,23,25)/t22-/m1/s1. The van der Waals surface area contributed by atoms with Gasteiger partial charge in [-0.05, 0) is 29.9 Å². The molecule has 0 radical (unpaired) electrons. The smallest absolute Gasteiger partial charge is 0.306 e. The van der Waals surface area contributed by atoms with Crippen LogP contribution in [0.1, 0.15) is 42.3 Å². The summed E-state index contributed by atoms with van der Waals surface area (Å²) >= 11 is 1.63. The Morgan fingerprint density at radius 1 is 1.18 bits per heavy atom. The van der Waals surface area contributed by atoms with Gasteiger partial charge in [-0.1, -0.05) is 49.7 Å². The van der Waals surface area contributed by atoms with Crippen LogP contribution in [0.2, 0.25) is 0 Å². The summed E-state index contributed by atoms with van der Waals surface area (Å²) in [6, 6.07) is 12.1. The second-order valence-corrected chi connectivity index (χ2v) is 8.36. The van der Waals surface area contributed by atoms with Gasteiger partial charge in [0.25, 0.3) is 0 Å². The average Bonchev–Trinajstić information content (AvgIpc) is 3.18. The van der Waals surface area contributed by atoms with Gasteiger partial charge in [0.2, 0.25) is 5.91 Å². The molecular weight excluding hydrogens is 372 g/mol. The molecule has 5 nitrogen and oxygen atoms in total.